The monoisotopic (exact) mass is 564 g/mol. The number of para-hydroxylation sites is 2. The topological polar surface area (TPSA) is 77.8 Å². The molecule has 0 bridgehead atoms. The van der Waals surface area contributed by atoms with Crippen LogP contribution in [0.15, 0.2) is 130 Å². The predicted molar refractivity (Wildman–Crippen MR) is 176 cm³/mol. The highest BCUT2D eigenvalue weighted by Gasteiger charge is 2.17. The van der Waals surface area contributed by atoms with Crippen molar-refractivity contribution in [2.75, 3.05) is 0 Å². The average Bonchev–Trinajstić information content (AvgIpc) is 3.65. The van der Waals surface area contributed by atoms with Gasteiger partial charge in [-0.05, 0) is 59.3 Å². The Morgan fingerprint density at radius 3 is 1.25 bits per heavy atom. The molecule has 0 N–H and O–H groups in total. The number of aromatic nitrogens is 4. The van der Waals surface area contributed by atoms with Crippen LogP contribution in [0.2, 0.25) is 0 Å². The summed E-state index contributed by atoms with van der Waals surface area (Å²) in [5, 5.41) is 8.26. The number of hydrogen-bond donors (Lipinski definition) is 0. The van der Waals surface area contributed by atoms with Crippen LogP contribution in [0.25, 0.3) is 99.2 Å². The molecule has 6 aromatic carbocycles. The van der Waals surface area contributed by atoms with Crippen LogP contribution >= 0.6 is 0 Å². The second-order valence-electron chi connectivity index (χ2n) is 11.1. The quantitative estimate of drug-likeness (QED) is 0.195. The Hall–Kier alpha value is -6.14. The van der Waals surface area contributed by atoms with Crippen LogP contribution in [-0.4, -0.2) is 19.9 Å². The van der Waals surface area contributed by atoms with Crippen molar-refractivity contribution in [1.29, 1.82) is 0 Å². The minimum absolute atomic E-state index is 0.632. The molecule has 10 aromatic rings. The van der Waals surface area contributed by atoms with Crippen LogP contribution in [0, 0.1) is 0 Å². The summed E-state index contributed by atoms with van der Waals surface area (Å²) in [6.07, 6.45) is 3.84. The fourth-order valence-corrected chi connectivity index (χ4v) is 6.48. The molecule has 0 radical (unpaired) electrons. The summed E-state index contributed by atoms with van der Waals surface area (Å²) in [6, 6.07) is 36.7. The summed E-state index contributed by atoms with van der Waals surface area (Å²) >= 11 is 0. The molecule has 6 nitrogen and oxygen atoms in total. The molecular formula is C38H20N4O2. The molecule has 4 aromatic heterocycles. The maximum Gasteiger partial charge on any atom is 0.159 e. The van der Waals surface area contributed by atoms with Crippen LogP contribution in [0.3, 0.4) is 0 Å². The van der Waals surface area contributed by atoms with E-state index in [1.165, 1.54) is 0 Å². The molecule has 0 aliphatic carbocycles. The third-order valence-electron chi connectivity index (χ3n) is 8.58. The minimum Gasteiger partial charge on any atom is -0.456 e. The summed E-state index contributed by atoms with van der Waals surface area (Å²) in [6.45, 7) is 0. The van der Waals surface area contributed by atoms with E-state index in [4.69, 9.17) is 28.8 Å². The Labute approximate surface area is 249 Å². The molecular weight excluding hydrogens is 544 g/mol. The number of furan rings is 2. The van der Waals surface area contributed by atoms with Gasteiger partial charge in [0.2, 0.25) is 0 Å². The van der Waals surface area contributed by atoms with Crippen LogP contribution < -0.4 is 0 Å². The van der Waals surface area contributed by atoms with Crippen molar-refractivity contribution in [2.24, 2.45) is 0 Å². The normalized spacial score (nSPS) is 12.1. The summed E-state index contributed by atoms with van der Waals surface area (Å²) in [5.41, 5.74) is 6.82. The molecule has 0 fully saturated rings. The standard InChI is InChI=1S/C38H20N4O2/c1-2-8-24-23(7-1)29-19-39-37(21-13-15-33-27(17-21)25-9-3-5-11-31(25)43-33)41-35(29)36-30(24)20-40-38(42-36)22-14-16-34-28(18-22)26-10-4-6-12-32(26)44-34/h1-20H. The van der Waals surface area contributed by atoms with Gasteiger partial charge in [-0.3, -0.25) is 0 Å². The SMILES string of the molecule is c1ccc2c(c1)oc1ccc(-c3ncc4c5ccccc5c5cnc(-c6ccc7oc8ccccc8c7c6)nc5c4n3)cc12. The second kappa shape index (κ2) is 8.69. The smallest absolute Gasteiger partial charge is 0.159 e. The van der Waals surface area contributed by atoms with Crippen molar-refractivity contribution in [3.63, 3.8) is 0 Å². The van der Waals surface area contributed by atoms with Crippen molar-refractivity contribution in [3.8, 4) is 22.8 Å². The third-order valence-corrected chi connectivity index (χ3v) is 8.58. The first-order chi connectivity index (χ1) is 21.8. The van der Waals surface area contributed by atoms with Gasteiger partial charge < -0.3 is 8.83 Å². The Kier molecular flexibility index (Phi) is 4.63. The Morgan fingerprint density at radius 2 is 0.773 bits per heavy atom. The highest BCUT2D eigenvalue weighted by atomic mass is 16.3. The molecule has 0 spiro atoms. The van der Waals surface area contributed by atoms with Crippen LogP contribution in [0.4, 0.5) is 0 Å². The van der Waals surface area contributed by atoms with Gasteiger partial charge in [-0.25, -0.2) is 19.9 Å². The van der Waals surface area contributed by atoms with Gasteiger partial charge in [0, 0.05) is 55.8 Å². The molecule has 44 heavy (non-hydrogen) atoms. The molecule has 0 saturated carbocycles. The van der Waals surface area contributed by atoms with E-state index < -0.39 is 0 Å². The Balaban J connectivity index is 1.22. The lowest BCUT2D eigenvalue weighted by Gasteiger charge is -2.11. The van der Waals surface area contributed by atoms with Crippen molar-refractivity contribution in [1.82, 2.24) is 19.9 Å². The predicted octanol–water partition coefficient (Wildman–Crippen LogP) is 9.86. The summed E-state index contributed by atoms with van der Waals surface area (Å²) < 4.78 is 12.1. The second-order valence-corrected chi connectivity index (χ2v) is 11.1. The van der Waals surface area contributed by atoms with E-state index in [2.05, 4.69) is 36.4 Å². The molecule has 0 aliphatic rings. The van der Waals surface area contributed by atoms with Crippen molar-refractivity contribution in [3.05, 3.63) is 122 Å². The van der Waals surface area contributed by atoms with Gasteiger partial charge in [0.25, 0.3) is 0 Å². The first-order valence-corrected chi connectivity index (χ1v) is 14.5. The fourth-order valence-electron chi connectivity index (χ4n) is 6.48. The molecule has 4 heterocycles. The van der Waals surface area contributed by atoms with Crippen LogP contribution in [-0.2, 0) is 0 Å². The van der Waals surface area contributed by atoms with Crippen molar-refractivity contribution in [2.45, 2.75) is 0 Å². The molecule has 204 valence electrons. The zero-order valence-electron chi connectivity index (χ0n) is 23.2. The zero-order valence-corrected chi connectivity index (χ0v) is 23.2. The lowest BCUT2D eigenvalue weighted by molar-refractivity contribution is 0.668. The van der Waals surface area contributed by atoms with Crippen LogP contribution in [0.1, 0.15) is 0 Å². The summed E-state index contributed by atoms with van der Waals surface area (Å²) in [5.74, 6) is 1.26. The van der Waals surface area contributed by atoms with Gasteiger partial charge in [0.1, 0.15) is 33.4 Å². The molecule has 0 amide bonds. The first kappa shape index (κ1) is 23.4. The number of fused-ring (bicyclic) bond motifs is 12. The maximum absolute atomic E-state index is 6.06. The van der Waals surface area contributed by atoms with Gasteiger partial charge in [0.15, 0.2) is 11.6 Å². The molecule has 0 unspecified atom stereocenters. The van der Waals surface area contributed by atoms with Gasteiger partial charge >= 0.3 is 0 Å². The lowest BCUT2D eigenvalue weighted by Crippen LogP contribution is -1.96. The van der Waals surface area contributed by atoms with E-state index in [0.717, 1.165) is 87.6 Å². The van der Waals surface area contributed by atoms with E-state index in [-0.39, 0.29) is 0 Å². The third kappa shape index (κ3) is 3.30. The van der Waals surface area contributed by atoms with E-state index in [0.29, 0.717) is 11.6 Å². The van der Waals surface area contributed by atoms with Gasteiger partial charge in [-0.1, -0.05) is 60.7 Å². The van der Waals surface area contributed by atoms with Gasteiger partial charge in [-0.15, -0.1) is 0 Å². The van der Waals surface area contributed by atoms with Crippen molar-refractivity contribution < 1.29 is 8.83 Å². The molecule has 0 aliphatic heterocycles. The van der Waals surface area contributed by atoms with E-state index in [1.54, 1.807) is 0 Å². The minimum atomic E-state index is 0.632. The Morgan fingerprint density at radius 1 is 0.364 bits per heavy atom. The highest BCUT2D eigenvalue weighted by molar-refractivity contribution is 6.23. The van der Waals surface area contributed by atoms with E-state index >= 15 is 0 Å². The highest BCUT2D eigenvalue weighted by Crippen LogP contribution is 2.37. The maximum atomic E-state index is 6.06. The van der Waals surface area contributed by atoms with E-state index in [1.807, 2.05) is 85.2 Å². The van der Waals surface area contributed by atoms with Gasteiger partial charge in [0.05, 0.1) is 0 Å². The number of hydrogen-bond acceptors (Lipinski definition) is 6. The lowest BCUT2D eigenvalue weighted by atomic mass is 10.0. The number of benzene rings is 6. The average molecular weight is 565 g/mol. The first-order valence-electron chi connectivity index (χ1n) is 14.5. The van der Waals surface area contributed by atoms with Gasteiger partial charge in [-0.2, -0.15) is 0 Å². The zero-order chi connectivity index (χ0) is 28.8. The number of rotatable bonds is 2. The number of nitrogens with zero attached hydrogens (tertiary/aromatic N) is 4. The van der Waals surface area contributed by atoms with E-state index in [9.17, 15) is 0 Å². The molecule has 6 heteroatoms. The largest absolute Gasteiger partial charge is 0.456 e. The summed E-state index contributed by atoms with van der Waals surface area (Å²) in [4.78, 5) is 20.0. The molecule has 0 atom stereocenters. The van der Waals surface area contributed by atoms with Crippen molar-refractivity contribution >= 4 is 76.5 Å². The fraction of sp³-hybridized carbons (Fsp3) is 0. The molecule has 0 saturated heterocycles. The Bertz CT molecular complexity index is 2600. The van der Waals surface area contributed by atoms with Crippen LogP contribution in [0.5, 0.6) is 0 Å². The summed E-state index contributed by atoms with van der Waals surface area (Å²) in [7, 11) is 0. The molecule has 10 rings (SSSR count).